The molecule has 0 saturated heterocycles. The van der Waals surface area contributed by atoms with Gasteiger partial charge in [-0.1, -0.05) is 18.2 Å². The van der Waals surface area contributed by atoms with Crippen molar-refractivity contribution < 1.29 is 8.42 Å². The molecule has 7 heteroatoms. The molecule has 2 rings (SSSR count). The molecule has 1 atom stereocenters. The summed E-state index contributed by atoms with van der Waals surface area (Å²) < 4.78 is 23.8. The first-order chi connectivity index (χ1) is 12.6. The van der Waals surface area contributed by atoms with Gasteiger partial charge in [0.1, 0.15) is 0 Å². The third-order valence-corrected chi connectivity index (χ3v) is 7.72. The number of aliphatic imine (C=N–C) groups is 1. The fraction of sp³-hybridized carbons (Fsp3) is 0.667. The van der Waals surface area contributed by atoms with Crippen LogP contribution >= 0.6 is 24.0 Å². The van der Waals surface area contributed by atoms with Crippen molar-refractivity contribution in [2.24, 2.45) is 4.99 Å². The second kappa shape index (κ2) is 10.8. The monoisotopic (exact) mass is 521 g/mol. The smallest absolute Gasteiger partial charge is 0.191 e. The van der Waals surface area contributed by atoms with Gasteiger partial charge in [0.2, 0.25) is 0 Å². The van der Waals surface area contributed by atoms with Crippen molar-refractivity contribution in [1.82, 2.24) is 10.6 Å². The van der Waals surface area contributed by atoms with E-state index in [2.05, 4.69) is 40.7 Å². The summed E-state index contributed by atoms with van der Waals surface area (Å²) in [5.41, 5.74) is 4.18. The first-order valence-electron chi connectivity index (χ1n) is 10.0. The van der Waals surface area contributed by atoms with Gasteiger partial charge in [0, 0.05) is 6.54 Å². The first kappa shape index (κ1) is 25.2. The Morgan fingerprint density at radius 2 is 1.82 bits per heavy atom. The summed E-state index contributed by atoms with van der Waals surface area (Å²) in [6.45, 7) is 10.3. The maximum absolute atomic E-state index is 12.3. The van der Waals surface area contributed by atoms with Crippen molar-refractivity contribution in [2.45, 2.75) is 71.1 Å². The van der Waals surface area contributed by atoms with Crippen molar-refractivity contribution in [3.05, 3.63) is 34.9 Å². The van der Waals surface area contributed by atoms with Crippen molar-refractivity contribution in [3.63, 3.8) is 0 Å². The van der Waals surface area contributed by atoms with Gasteiger partial charge in [-0.05, 0) is 77.0 Å². The fourth-order valence-corrected chi connectivity index (χ4v) is 4.16. The van der Waals surface area contributed by atoms with Gasteiger partial charge in [0.05, 0.1) is 23.1 Å². The van der Waals surface area contributed by atoms with Crippen molar-refractivity contribution in [1.29, 1.82) is 0 Å². The molecule has 0 saturated carbocycles. The Kier molecular flexibility index (Phi) is 9.73. The number of aryl methyl sites for hydroxylation is 2. The van der Waals surface area contributed by atoms with Crippen LogP contribution in [0.2, 0.25) is 0 Å². The highest BCUT2D eigenvalue weighted by atomic mass is 127. The van der Waals surface area contributed by atoms with Crippen LogP contribution in [0.1, 0.15) is 70.2 Å². The van der Waals surface area contributed by atoms with Crippen LogP contribution in [0.4, 0.5) is 0 Å². The zero-order valence-electron chi connectivity index (χ0n) is 17.8. The lowest BCUT2D eigenvalue weighted by atomic mass is 9.89. The molecule has 1 aromatic carbocycles. The van der Waals surface area contributed by atoms with E-state index in [1.54, 1.807) is 20.8 Å². The van der Waals surface area contributed by atoms with E-state index in [0.717, 1.165) is 13.0 Å². The molecule has 1 aliphatic carbocycles. The Morgan fingerprint density at radius 3 is 2.43 bits per heavy atom. The van der Waals surface area contributed by atoms with E-state index in [-0.39, 0.29) is 42.3 Å². The minimum atomic E-state index is -3.16. The van der Waals surface area contributed by atoms with Gasteiger partial charge in [-0.25, -0.2) is 8.42 Å². The number of hydrogen-bond acceptors (Lipinski definition) is 3. The molecule has 0 aliphatic heterocycles. The Morgan fingerprint density at radius 1 is 1.18 bits per heavy atom. The van der Waals surface area contributed by atoms with Gasteiger partial charge < -0.3 is 10.6 Å². The number of benzene rings is 1. The number of halogens is 1. The highest BCUT2D eigenvalue weighted by Gasteiger charge is 2.28. The predicted octanol–water partition coefficient (Wildman–Crippen LogP) is 4.01. The number of hydrogen-bond donors (Lipinski definition) is 2. The van der Waals surface area contributed by atoms with Crippen molar-refractivity contribution in [2.75, 3.05) is 18.8 Å². The summed E-state index contributed by atoms with van der Waals surface area (Å²) in [6, 6.07) is 6.85. The minimum Gasteiger partial charge on any atom is -0.357 e. The van der Waals surface area contributed by atoms with Crippen LogP contribution in [0.25, 0.3) is 0 Å². The van der Waals surface area contributed by atoms with Crippen LogP contribution < -0.4 is 10.6 Å². The molecule has 5 nitrogen and oxygen atoms in total. The number of sulfone groups is 1. The molecule has 1 aliphatic rings. The standard InChI is InChI=1S/C21H35N3O2S.HI/c1-6-22-20(23-13-14-27(25,26)21(3,4)5)24-16(2)18-12-11-17-9-7-8-10-19(17)15-18;/h11-12,15-16H,6-10,13-14H2,1-5H3,(H2,22,23,24);1H. The summed E-state index contributed by atoms with van der Waals surface area (Å²) in [7, 11) is -3.16. The van der Waals surface area contributed by atoms with Crippen molar-refractivity contribution in [3.8, 4) is 0 Å². The molecular formula is C21H36IN3O2S. The highest BCUT2D eigenvalue weighted by Crippen LogP contribution is 2.24. The van der Waals surface area contributed by atoms with Crippen LogP contribution in [-0.4, -0.2) is 38.0 Å². The molecular weight excluding hydrogens is 485 g/mol. The zero-order valence-corrected chi connectivity index (χ0v) is 21.0. The van der Waals surface area contributed by atoms with Crippen LogP contribution in [0.15, 0.2) is 23.2 Å². The lowest BCUT2D eigenvalue weighted by molar-refractivity contribution is 0.560. The molecule has 0 aromatic heterocycles. The summed E-state index contributed by atoms with van der Waals surface area (Å²) >= 11 is 0. The number of rotatable bonds is 6. The van der Waals surface area contributed by atoms with Gasteiger partial charge in [-0.3, -0.25) is 4.99 Å². The van der Waals surface area contributed by atoms with Crippen LogP contribution in [0, 0.1) is 0 Å². The summed E-state index contributed by atoms with van der Waals surface area (Å²) in [6.07, 6.45) is 4.90. The Bertz CT molecular complexity index is 770. The number of nitrogens with one attached hydrogen (secondary N) is 2. The predicted molar refractivity (Wildman–Crippen MR) is 130 cm³/mol. The lowest BCUT2D eigenvalue weighted by Crippen LogP contribution is -2.39. The van der Waals surface area contributed by atoms with E-state index < -0.39 is 14.6 Å². The molecule has 0 fully saturated rings. The summed E-state index contributed by atoms with van der Waals surface area (Å²) in [5.74, 6) is 0.715. The van der Waals surface area contributed by atoms with Gasteiger partial charge in [0.15, 0.2) is 15.8 Å². The molecule has 0 bridgehead atoms. The zero-order chi connectivity index (χ0) is 20.1. The summed E-state index contributed by atoms with van der Waals surface area (Å²) in [4.78, 5) is 4.48. The van der Waals surface area contributed by atoms with E-state index in [1.807, 2.05) is 6.92 Å². The molecule has 1 unspecified atom stereocenters. The molecule has 0 amide bonds. The normalized spacial score (nSPS) is 16.0. The molecule has 0 heterocycles. The highest BCUT2D eigenvalue weighted by molar-refractivity contribution is 14.0. The lowest BCUT2D eigenvalue weighted by Gasteiger charge is -2.22. The van der Waals surface area contributed by atoms with Gasteiger partial charge in [0.25, 0.3) is 0 Å². The largest absolute Gasteiger partial charge is 0.357 e. The maximum Gasteiger partial charge on any atom is 0.191 e. The topological polar surface area (TPSA) is 70.6 Å². The molecule has 2 N–H and O–H groups in total. The average Bonchev–Trinajstić information content (AvgIpc) is 2.60. The number of guanidine groups is 1. The second-order valence-corrected chi connectivity index (χ2v) is 11.2. The molecule has 28 heavy (non-hydrogen) atoms. The van der Waals surface area contributed by atoms with E-state index in [0.29, 0.717) is 5.96 Å². The Hall–Kier alpha value is -0.830. The van der Waals surface area contributed by atoms with Gasteiger partial charge in [-0.15, -0.1) is 24.0 Å². The van der Waals surface area contributed by atoms with Crippen molar-refractivity contribution >= 4 is 39.8 Å². The summed E-state index contributed by atoms with van der Waals surface area (Å²) in [5, 5.41) is 6.62. The van der Waals surface area contributed by atoms with Crippen LogP contribution in [0.3, 0.4) is 0 Å². The Labute approximate surface area is 188 Å². The average molecular weight is 522 g/mol. The fourth-order valence-electron chi connectivity index (χ4n) is 3.21. The van der Waals surface area contributed by atoms with Gasteiger partial charge in [-0.2, -0.15) is 0 Å². The molecule has 1 aromatic rings. The second-order valence-electron chi connectivity index (χ2n) is 8.29. The SMILES string of the molecule is CCNC(=NCCS(=O)(=O)C(C)(C)C)NC(C)c1ccc2c(c1)CCCC2.I. The maximum atomic E-state index is 12.3. The van der Waals surface area contributed by atoms with Crippen LogP contribution in [0.5, 0.6) is 0 Å². The number of nitrogens with zero attached hydrogens (tertiary/aromatic N) is 1. The van der Waals surface area contributed by atoms with E-state index in [1.165, 1.54) is 36.0 Å². The minimum absolute atomic E-state index is 0. The van der Waals surface area contributed by atoms with E-state index >= 15 is 0 Å². The number of fused-ring (bicyclic) bond motifs is 1. The molecule has 0 spiro atoms. The van der Waals surface area contributed by atoms with E-state index in [4.69, 9.17) is 0 Å². The molecule has 160 valence electrons. The van der Waals surface area contributed by atoms with Crippen LogP contribution in [-0.2, 0) is 22.7 Å². The molecule has 0 radical (unpaired) electrons. The third kappa shape index (κ3) is 6.90. The third-order valence-electron chi connectivity index (χ3n) is 5.13. The van der Waals surface area contributed by atoms with E-state index in [9.17, 15) is 8.42 Å². The first-order valence-corrected chi connectivity index (χ1v) is 11.7. The van der Waals surface area contributed by atoms with Gasteiger partial charge >= 0.3 is 0 Å². The Balaban J connectivity index is 0.00000392. The quantitative estimate of drug-likeness (QED) is 0.337.